The summed E-state index contributed by atoms with van der Waals surface area (Å²) >= 11 is 0. The lowest BCUT2D eigenvalue weighted by molar-refractivity contribution is 0.251. The molecule has 0 radical (unpaired) electrons. The highest BCUT2D eigenvalue weighted by atomic mass is 16.5. The van der Waals surface area contributed by atoms with Crippen LogP contribution in [0, 0.1) is 5.92 Å². The van der Waals surface area contributed by atoms with Gasteiger partial charge in [-0.25, -0.2) is 9.48 Å². The van der Waals surface area contributed by atoms with Crippen molar-refractivity contribution in [1.82, 2.24) is 15.1 Å². The number of aromatic nitrogens is 2. The zero-order valence-corrected chi connectivity index (χ0v) is 15.9. The van der Waals surface area contributed by atoms with Crippen LogP contribution in [0.15, 0.2) is 42.6 Å². The van der Waals surface area contributed by atoms with Gasteiger partial charge in [0.15, 0.2) is 11.5 Å². The summed E-state index contributed by atoms with van der Waals surface area (Å²) in [4.78, 5) is 12.3. The molecule has 2 heterocycles. The number of nitrogens with zero attached hydrogens (tertiary/aromatic N) is 2. The number of rotatable bonds is 5. The van der Waals surface area contributed by atoms with Gasteiger partial charge in [0.25, 0.3) is 0 Å². The Morgan fingerprint density at radius 1 is 1.18 bits per heavy atom. The standard InChI is InChI=1S/C21H26N4O3/c26-21(22-14-17-7-8-18-19(13-17)28-12-4-11-27-18)24-20-9-10-23-25(20)15-16-5-2-1-3-6-16/h1-2,7-10,13,16H,3-6,11-12,14-15H2,(H2,22,24,26)/t16-/m0/s1. The van der Waals surface area contributed by atoms with E-state index in [-0.39, 0.29) is 6.03 Å². The number of fused-ring (bicyclic) bond motifs is 1. The number of nitrogens with one attached hydrogen (secondary N) is 2. The van der Waals surface area contributed by atoms with E-state index in [1.807, 2.05) is 28.9 Å². The summed E-state index contributed by atoms with van der Waals surface area (Å²) in [5.41, 5.74) is 0.960. The second-order valence-electron chi connectivity index (χ2n) is 7.19. The number of benzene rings is 1. The summed E-state index contributed by atoms with van der Waals surface area (Å²) in [6.07, 6.45) is 10.4. The van der Waals surface area contributed by atoms with Crippen molar-refractivity contribution in [3.05, 3.63) is 48.2 Å². The van der Waals surface area contributed by atoms with Crippen LogP contribution in [0.4, 0.5) is 10.6 Å². The Labute approximate surface area is 164 Å². The second kappa shape index (κ2) is 8.82. The molecule has 2 aliphatic rings. The number of ether oxygens (including phenoxy) is 2. The number of allylic oxidation sites excluding steroid dienone is 2. The molecule has 4 rings (SSSR count). The lowest BCUT2D eigenvalue weighted by Gasteiger charge is -2.19. The fourth-order valence-electron chi connectivity index (χ4n) is 3.51. The van der Waals surface area contributed by atoms with Crippen molar-refractivity contribution >= 4 is 11.8 Å². The molecule has 0 bridgehead atoms. The molecule has 0 unspecified atom stereocenters. The molecule has 1 aliphatic heterocycles. The average Bonchev–Trinajstić information content (AvgIpc) is 3.00. The maximum absolute atomic E-state index is 12.3. The molecule has 2 amide bonds. The molecule has 0 saturated heterocycles. The van der Waals surface area contributed by atoms with E-state index in [9.17, 15) is 4.79 Å². The van der Waals surface area contributed by atoms with E-state index in [1.165, 1.54) is 0 Å². The summed E-state index contributed by atoms with van der Waals surface area (Å²) < 4.78 is 13.2. The SMILES string of the molecule is O=C(NCc1ccc2c(c1)OCCCO2)Nc1ccnn1C[C@H]1CC=CCC1. The van der Waals surface area contributed by atoms with Gasteiger partial charge < -0.3 is 14.8 Å². The fraction of sp³-hybridized carbons (Fsp3) is 0.429. The Bertz CT molecular complexity index is 846. The highest BCUT2D eigenvalue weighted by Gasteiger charge is 2.15. The van der Waals surface area contributed by atoms with Crippen molar-refractivity contribution in [2.45, 2.75) is 38.8 Å². The van der Waals surface area contributed by atoms with Crippen molar-refractivity contribution in [3.8, 4) is 11.5 Å². The third-order valence-corrected chi connectivity index (χ3v) is 5.03. The van der Waals surface area contributed by atoms with Crippen LogP contribution in [0.2, 0.25) is 0 Å². The average molecular weight is 382 g/mol. The molecule has 28 heavy (non-hydrogen) atoms. The third kappa shape index (κ3) is 4.65. The van der Waals surface area contributed by atoms with Crippen LogP contribution < -0.4 is 20.1 Å². The number of amides is 2. The number of anilines is 1. The highest BCUT2D eigenvalue weighted by Crippen LogP contribution is 2.30. The first kappa shape index (κ1) is 18.4. The van der Waals surface area contributed by atoms with Gasteiger partial charge >= 0.3 is 6.03 Å². The molecule has 7 nitrogen and oxygen atoms in total. The van der Waals surface area contributed by atoms with Crippen molar-refractivity contribution in [2.75, 3.05) is 18.5 Å². The van der Waals surface area contributed by atoms with E-state index in [0.29, 0.717) is 31.5 Å². The lowest BCUT2D eigenvalue weighted by atomic mass is 9.94. The first-order valence-electron chi connectivity index (χ1n) is 9.88. The van der Waals surface area contributed by atoms with Crippen LogP contribution in [0.3, 0.4) is 0 Å². The van der Waals surface area contributed by atoms with Crippen LogP contribution in [-0.2, 0) is 13.1 Å². The summed E-state index contributed by atoms with van der Waals surface area (Å²) in [7, 11) is 0. The molecule has 2 N–H and O–H groups in total. The number of urea groups is 1. The number of hydrogen-bond acceptors (Lipinski definition) is 4. The number of hydrogen-bond donors (Lipinski definition) is 2. The van der Waals surface area contributed by atoms with Crippen LogP contribution in [0.1, 0.15) is 31.2 Å². The minimum absolute atomic E-state index is 0.252. The lowest BCUT2D eigenvalue weighted by Crippen LogP contribution is -2.29. The van der Waals surface area contributed by atoms with Gasteiger partial charge in [0.2, 0.25) is 0 Å². The van der Waals surface area contributed by atoms with Crippen molar-refractivity contribution in [3.63, 3.8) is 0 Å². The van der Waals surface area contributed by atoms with Gasteiger partial charge in [0.05, 0.1) is 19.4 Å². The molecule has 1 aromatic carbocycles. The van der Waals surface area contributed by atoms with Gasteiger partial charge in [-0.3, -0.25) is 5.32 Å². The van der Waals surface area contributed by atoms with Gasteiger partial charge in [-0.05, 0) is 42.9 Å². The van der Waals surface area contributed by atoms with Crippen LogP contribution in [0.25, 0.3) is 0 Å². The first-order valence-corrected chi connectivity index (χ1v) is 9.88. The molecule has 7 heteroatoms. The Morgan fingerprint density at radius 3 is 2.93 bits per heavy atom. The first-order chi connectivity index (χ1) is 13.8. The van der Waals surface area contributed by atoms with Crippen LogP contribution in [0.5, 0.6) is 11.5 Å². The predicted octanol–water partition coefficient (Wildman–Crippen LogP) is 3.72. The summed E-state index contributed by atoms with van der Waals surface area (Å²) in [5.74, 6) is 2.77. The van der Waals surface area contributed by atoms with Crippen LogP contribution >= 0.6 is 0 Å². The fourth-order valence-corrected chi connectivity index (χ4v) is 3.51. The Morgan fingerprint density at radius 2 is 2.07 bits per heavy atom. The molecular weight excluding hydrogens is 356 g/mol. The van der Waals surface area contributed by atoms with Crippen LogP contribution in [-0.4, -0.2) is 29.0 Å². The molecule has 0 spiro atoms. The zero-order chi connectivity index (χ0) is 19.2. The number of carbonyl (C=O) groups is 1. The molecule has 1 aliphatic carbocycles. The molecule has 148 valence electrons. The normalized spacial score (nSPS) is 18.4. The Balaban J connectivity index is 1.31. The monoisotopic (exact) mass is 382 g/mol. The zero-order valence-electron chi connectivity index (χ0n) is 15.9. The molecular formula is C21H26N4O3. The number of carbonyl (C=O) groups excluding carboxylic acids is 1. The van der Waals surface area contributed by atoms with E-state index in [0.717, 1.165) is 49.3 Å². The van der Waals surface area contributed by atoms with Gasteiger partial charge in [-0.1, -0.05) is 18.2 Å². The summed E-state index contributed by atoms with van der Waals surface area (Å²) in [6.45, 7) is 2.53. The molecule has 0 saturated carbocycles. The summed E-state index contributed by atoms with van der Waals surface area (Å²) in [6, 6.07) is 7.32. The quantitative estimate of drug-likeness (QED) is 0.773. The predicted molar refractivity (Wildman–Crippen MR) is 107 cm³/mol. The van der Waals surface area contributed by atoms with Gasteiger partial charge in [-0.15, -0.1) is 0 Å². The van der Waals surface area contributed by atoms with Gasteiger partial charge in [0.1, 0.15) is 5.82 Å². The van der Waals surface area contributed by atoms with E-state index >= 15 is 0 Å². The summed E-state index contributed by atoms with van der Waals surface area (Å²) in [5, 5.41) is 10.1. The largest absolute Gasteiger partial charge is 0.490 e. The minimum atomic E-state index is -0.252. The van der Waals surface area contributed by atoms with E-state index in [1.54, 1.807) is 6.20 Å². The topological polar surface area (TPSA) is 77.4 Å². The third-order valence-electron chi connectivity index (χ3n) is 5.03. The maximum Gasteiger partial charge on any atom is 0.320 e. The molecule has 0 fully saturated rings. The second-order valence-corrected chi connectivity index (χ2v) is 7.19. The molecule has 1 aromatic heterocycles. The maximum atomic E-state index is 12.3. The van der Waals surface area contributed by atoms with Crippen molar-refractivity contribution < 1.29 is 14.3 Å². The van der Waals surface area contributed by atoms with Crippen molar-refractivity contribution in [2.24, 2.45) is 5.92 Å². The highest BCUT2D eigenvalue weighted by molar-refractivity contribution is 5.88. The van der Waals surface area contributed by atoms with E-state index < -0.39 is 0 Å². The van der Waals surface area contributed by atoms with Gasteiger partial charge in [-0.2, -0.15) is 5.10 Å². The minimum Gasteiger partial charge on any atom is -0.490 e. The smallest absolute Gasteiger partial charge is 0.320 e. The molecule has 2 aromatic rings. The van der Waals surface area contributed by atoms with E-state index in [4.69, 9.17) is 9.47 Å². The van der Waals surface area contributed by atoms with E-state index in [2.05, 4.69) is 27.9 Å². The Hall–Kier alpha value is -2.96. The molecule has 1 atom stereocenters. The van der Waals surface area contributed by atoms with Crippen molar-refractivity contribution in [1.29, 1.82) is 0 Å². The Kier molecular flexibility index (Phi) is 5.80. The van der Waals surface area contributed by atoms with Gasteiger partial charge in [0, 0.05) is 25.6 Å².